The van der Waals surface area contributed by atoms with Gasteiger partial charge in [-0.15, -0.1) is 22.7 Å². The van der Waals surface area contributed by atoms with Crippen LogP contribution >= 0.6 is 38.6 Å². The van der Waals surface area contributed by atoms with Gasteiger partial charge < -0.3 is 4.74 Å². The fraction of sp³-hybridized carbons (Fsp3) is 0.250. The summed E-state index contributed by atoms with van der Waals surface area (Å²) in [6, 6.07) is 6.13. The van der Waals surface area contributed by atoms with Crippen LogP contribution < -0.4 is 4.72 Å². The number of sulfonamides is 1. The molecule has 5 nitrogen and oxygen atoms in total. The monoisotopic (exact) mass is 409 g/mol. The van der Waals surface area contributed by atoms with Crippen LogP contribution in [0.4, 0.5) is 0 Å². The van der Waals surface area contributed by atoms with Gasteiger partial charge in [0, 0.05) is 4.88 Å². The molecule has 0 aliphatic heterocycles. The molecule has 2 rings (SSSR count). The summed E-state index contributed by atoms with van der Waals surface area (Å²) in [4.78, 5) is 12.3. The molecule has 2 aromatic rings. The number of hydrogen-bond acceptors (Lipinski definition) is 6. The molecule has 0 fully saturated rings. The largest absolute Gasteiger partial charge is 0.469 e. The third kappa shape index (κ3) is 4.36. The van der Waals surface area contributed by atoms with Crippen LogP contribution in [0, 0.1) is 0 Å². The Labute approximate surface area is 139 Å². The van der Waals surface area contributed by atoms with Gasteiger partial charge in [0.15, 0.2) is 0 Å². The zero-order valence-electron chi connectivity index (χ0n) is 10.9. The topological polar surface area (TPSA) is 72.5 Å². The first-order valence-corrected chi connectivity index (χ1v) is 9.77. The summed E-state index contributed by atoms with van der Waals surface area (Å²) in [7, 11) is -2.40. The predicted octanol–water partition coefficient (Wildman–Crippen LogP) is 3.15. The number of nitrogens with one attached hydrogen (secondary N) is 1. The second kappa shape index (κ2) is 7.01. The lowest BCUT2D eigenvalue weighted by atomic mass is 10.2. The number of esters is 1. The van der Waals surface area contributed by atoms with E-state index < -0.39 is 22.0 Å². The van der Waals surface area contributed by atoms with Gasteiger partial charge in [0.05, 0.1) is 23.4 Å². The van der Waals surface area contributed by atoms with Gasteiger partial charge in [-0.3, -0.25) is 4.79 Å². The van der Waals surface area contributed by atoms with E-state index in [2.05, 4.69) is 25.4 Å². The van der Waals surface area contributed by atoms with E-state index in [1.54, 1.807) is 18.2 Å². The molecule has 0 aliphatic carbocycles. The lowest BCUT2D eigenvalue weighted by Crippen LogP contribution is -2.29. The summed E-state index contributed by atoms with van der Waals surface area (Å²) in [5.74, 6) is -0.469. The smallest absolute Gasteiger partial charge is 0.307 e. The Bertz CT molecular complexity index is 709. The second-order valence-electron chi connectivity index (χ2n) is 4.03. The van der Waals surface area contributed by atoms with Crippen LogP contribution in [-0.2, 0) is 19.6 Å². The standard InChI is InChI=1S/C12H12BrNO4S3/c1-18-11(15)7-8(9-3-2-6-19-9)14-21(16,17)12-5-4-10(13)20-12/h2-6,8,14H,7H2,1H3. The highest BCUT2D eigenvalue weighted by atomic mass is 79.9. The van der Waals surface area contributed by atoms with Gasteiger partial charge in [-0.2, -0.15) is 0 Å². The molecule has 0 aromatic carbocycles. The molecule has 0 saturated heterocycles. The quantitative estimate of drug-likeness (QED) is 0.743. The molecule has 1 N–H and O–H groups in total. The van der Waals surface area contributed by atoms with Crippen molar-refractivity contribution in [2.75, 3.05) is 7.11 Å². The minimum absolute atomic E-state index is 0.0528. The van der Waals surface area contributed by atoms with E-state index in [1.807, 2.05) is 5.38 Å². The molecule has 0 bridgehead atoms. The van der Waals surface area contributed by atoms with Gasteiger partial charge in [-0.25, -0.2) is 13.1 Å². The fourth-order valence-corrected chi connectivity index (χ4v) is 5.72. The second-order valence-corrected chi connectivity index (χ2v) is 9.41. The highest BCUT2D eigenvalue weighted by Crippen LogP contribution is 2.29. The maximum absolute atomic E-state index is 12.4. The van der Waals surface area contributed by atoms with E-state index in [0.29, 0.717) is 0 Å². The number of rotatable bonds is 6. The summed E-state index contributed by atoms with van der Waals surface area (Å²) in [5, 5.41) is 1.83. The fourth-order valence-electron chi connectivity index (χ4n) is 1.63. The van der Waals surface area contributed by atoms with Crippen LogP contribution in [0.25, 0.3) is 0 Å². The first-order chi connectivity index (χ1) is 9.92. The molecule has 0 radical (unpaired) electrons. The molecule has 2 heterocycles. The molecular formula is C12H12BrNO4S3. The van der Waals surface area contributed by atoms with Crippen LogP contribution in [0.3, 0.4) is 0 Å². The van der Waals surface area contributed by atoms with Crippen LogP contribution in [-0.4, -0.2) is 21.5 Å². The number of halogens is 1. The number of carbonyl (C=O) groups excluding carboxylic acids is 1. The minimum Gasteiger partial charge on any atom is -0.469 e. The summed E-state index contributed by atoms with van der Waals surface area (Å²) in [5.41, 5.74) is 0. The Morgan fingerprint density at radius 3 is 2.71 bits per heavy atom. The zero-order valence-corrected chi connectivity index (χ0v) is 14.9. The van der Waals surface area contributed by atoms with Crippen molar-refractivity contribution in [2.45, 2.75) is 16.7 Å². The summed E-state index contributed by atoms with van der Waals surface area (Å²) in [6.45, 7) is 0. The van der Waals surface area contributed by atoms with Gasteiger partial charge in [0.1, 0.15) is 4.21 Å². The minimum atomic E-state index is -3.68. The Kier molecular flexibility index (Phi) is 5.55. The molecule has 1 unspecified atom stereocenters. The van der Waals surface area contributed by atoms with E-state index in [1.165, 1.54) is 24.5 Å². The normalized spacial score (nSPS) is 13.0. The predicted molar refractivity (Wildman–Crippen MR) is 86.0 cm³/mol. The third-order valence-corrected chi connectivity index (χ3v) is 7.17. The van der Waals surface area contributed by atoms with Gasteiger partial charge in [0.25, 0.3) is 10.0 Å². The lowest BCUT2D eigenvalue weighted by molar-refractivity contribution is -0.141. The van der Waals surface area contributed by atoms with E-state index in [-0.39, 0.29) is 10.6 Å². The van der Waals surface area contributed by atoms with Crippen LogP contribution in [0.5, 0.6) is 0 Å². The zero-order chi connectivity index (χ0) is 15.5. The average Bonchev–Trinajstić information content (AvgIpc) is 3.08. The Hall–Kier alpha value is -0.740. The van der Waals surface area contributed by atoms with E-state index in [0.717, 1.165) is 20.0 Å². The van der Waals surface area contributed by atoms with Crippen molar-refractivity contribution in [1.29, 1.82) is 0 Å². The van der Waals surface area contributed by atoms with Crippen LogP contribution in [0.15, 0.2) is 37.6 Å². The number of hydrogen-bond donors (Lipinski definition) is 1. The number of thiophene rings is 2. The first kappa shape index (κ1) is 16.6. The van der Waals surface area contributed by atoms with Crippen molar-refractivity contribution in [3.05, 3.63) is 38.3 Å². The third-order valence-electron chi connectivity index (χ3n) is 2.60. The lowest BCUT2D eigenvalue weighted by Gasteiger charge is -2.15. The van der Waals surface area contributed by atoms with Gasteiger partial charge >= 0.3 is 5.97 Å². The number of carbonyl (C=O) groups is 1. The first-order valence-electron chi connectivity index (χ1n) is 5.80. The number of ether oxygens (including phenoxy) is 1. The molecule has 1 atom stereocenters. The van der Waals surface area contributed by atoms with Crippen molar-refractivity contribution in [1.82, 2.24) is 4.72 Å². The van der Waals surface area contributed by atoms with Crippen LogP contribution in [0.2, 0.25) is 0 Å². The SMILES string of the molecule is COC(=O)CC(NS(=O)(=O)c1ccc(Br)s1)c1cccs1. The molecule has 114 valence electrons. The highest BCUT2D eigenvalue weighted by molar-refractivity contribution is 9.11. The van der Waals surface area contributed by atoms with Crippen molar-refractivity contribution >= 4 is 54.6 Å². The molecule has 21 heavy (non-hydrogen) atoms. The van der Waals surface area contributed by atoms with Crippen molar-refractivity contribution in [2.24, 2.45) is 0 Å². The Morgan fingerprint density at radius 2 is 2.19 bits per heavy atom. The summed E-state index contributed by atoms with van der Waals surface area (Å²) >= 11 is 5.73. The molecular weight excluding hydrogens is 398 g/mol. The van der Waals surface area contributed by atoms with Crippen LogP contribution in [0.1, 0.15) is 17.3 Å². The molecule has 0 saturated carbocycles. The summed E-state index contributed by atoms with van der Waals surface area (Å²) < 4.78 is 32.8. The Balaban J connectivity index is 2.24. The number of methoxy groups -OCH3 is 1. The molecule has 9 heteroatoms. The molecule has 0 aliphatic rings. The molecule has 2 aromatic heterocycles. The highest BCUT2D eigenvalue weighted by Gasteiger charge is 2.25. The van der Waals surface area contributed by atoms with Gasteiger partial charge in [-0.1, -0.05) is 6.07 Å². The maximum atomic E-state index is 12.4. The van der Waals surface area contributed by atoms with E-state index in [9.17, 15) is 13.2 Å². The Morgan fingerprint density at radius 1 is 1.43 bits per heavy atom. The molecule has 0 spiro atoms. The van der Waals surface area contributed by atoms with E-state index >= 15 is 0 Å². The molecule has 0 amide bonds. The average molecular weight is 410 g/mol. The van der Waals surface area contributed by atoms with Gasteiger partial charge in [-0.05, 0) is 39.5 Å². The van der Waals surface area contributed by atoms with E-state index in [4.69, 9.17) is 0 Å². The summed E-state index contributed by atoms with van der Waals surface area (Å²) in [6.07, 6.45) is -0.0528. The maximum Gasteiger partial charge on any atom is 0.307 e. The van der Waals surface area contributed by atoms with Gasteiger partial charge in [0.2, 0.25) is 0 Å². The van der Waals surface area contributed by atoms with Crippen molar-refractivity contribution in [3.8, 4) is 0 Å². The van der Waals surface area contributed by atoms with Crippen molar-refractivity contribution < 1.29 is 17.9 Å². The van der Waals surface area contributed by atoms with Crippen molar-refractivity contribution in [3.63, 3.8) is 0 Å².